The van der Waals surface area contributed by atoms with Crippen molar-refractivity contribution >= 4 is 5.69 Å². The summed E-state index contributed by atoms with van der Waals surface area (Å²) >= 11 is 0. The van der Waals surface area contributed by atoms with Gasteiger partial charge in [0.15, 0.2) is 0 Å². The zero-order valence-corrected chi connectivity index (χ0v) is 20.3. The molecule has 0 aromatic heterocycles. The average molecular weight is 389 g/mol. The summed E-state index contributed by atoms with van der Waals surface area (Å²) in [6, 6.07) is 8.90. The smallest absolute Gasteiger partial charge is 0.0959 e. The van der Waals surface area contributed by atoms with E-state index >= 15 is 0 Å². The Morgan fingerprint density at radius 2 is 1.32 bits per heavy atom. The summed E-state index contributed by atoms with van der Waals surface area (Å²) in [5.41, 5.74) is 4.11. The first-order valence-electron chi connectivity index (χ1n) is 10.9. The van der Waals surface area contributed by atoms with Crippen LogP contribution >= 0.6 is 0 Å². The van der Waals surface area contributed by atoms with Crippen molar-refractivity contribution in [2.24, 2.45) is 5.41 Å². The molecule has 0 aliphatic carbocycles. The number of nitrogens with one attached hydrogen (secondary N) is 2. The molecule has 0 bridgehead atoms. The van der Waals surface area contributed by atoms with E-state index in [4.69, 9.17) is 0 Å². The average Bonchev–Trinajstić information content (AvgIpc) is 2.56. The van der Waals surface area contributed by atoms with Crippen LogP contribution in [0.2, 0.25) is 0 Å². The highest BCUT2D eigenvalue weighted by molar-refractivity contribution is 5.48. The molecule has 0 atom stereocenters. The number of hydrogen-bond donors (Lipinski definition) is 2. The normalized spacial score (nSPS) is 10.2. The molecule has 0 amide bonds. The van der Waals surface area contributed by atoms with Crippen molar-refractivity contribution in [1.82, 2.24) is 5.32 Å². The second kappa shape index (κ2) is 16.3. The van der Waals surface area contributed by atoms with Gasteiger partial charge in [-0.25, -0.2) is 0 Å². The summed E-state index contributed by atoms with van der Waals surface area (Å²) in [5, 5.41) is 6.79. The molecule has 2 N–H and O–H groups in total. The van der Waals surface area contributed by atoms with Crippen LogP contribution in [0.25, 0.3) is 0 Å². The number of hydrogen-bond acceptors (Lipinski definition) is 2. The molecular formula is C26H48N2. The lowest BCUT2D eigenvalue weighted by atomic mass is 10.0. The molecule has 2 nitrogen and oxygen atoms in total. The van der Waals surface area contributed by atoms with Crippen LogP contribution in [0.15, 0.2) is 48.8 Å². The molecule has 0 saturated heterocycles. The fourth-order valence-corrected chi connectivity index (χ4v) is 2.08. The van der Waals surface area contributed by atoms with Crippen molar-refractivity contribution in [2.75, 3.05) is 5.32 Å². The molecular weight excluding hydrogens is 340 g/mol. The molecule has 0 saturated carbocycles. The Balaban J connectivity index is 0. The van der Waals surface area contributed by atoms with E-state index in [1.165, 1.54) is 36.8 Å². The predicted octanol–water partition coefficient (Wildman–Crippen LogP) is 8.46. The molecule has 0 fully saturated rings. The molecule has 0 aliphatic rings. The standard InChI is InChI=1S/C16H26N2.C5H12.C5H10/c1-5-7-15(8-6-2)17-14(4)18-16-11-9-13(3)10-12-16;1-5(2,3)4;1-4-5(2)3/h9-12,15,17-18H,4-8H2,1-3H3;1-4H3;2,4H2,1,3H3. The maximum absolute atomic E-state index is 4.05. The molecule has 1 rings (SSSR count). The Bertz CT molecular complexity index is 508. The minimum atomic E-state index is 0.500. The maximum atomic E-state index is 4.05. The fourth-order valence-electron chi connectivity index (χ4n) is 2.08. The molecule has 162 valence electrons. The highest BCUT2D eigenvalue weighted by atomic mass is 15.1. The van der Waals surface area contributed by atoms with Gasteiger partial charge in [-0.2, -0.15) is 0 Å². The van der Waals surface area contributed by atoms with E-state index in [0.717, 1.165) is 17.9 Å². The SMILES string of the molecule is C=C(C)CC.C=C(Nc1ccc(C)cc1)NC(CCC)CCC.CC(C)(C)C. The summed E-state index contributed by atoms with van der Waals surface area (Å²) in [6.45, 7) is 27.1. The van der Waals surface area contributed by atoms with Crippen molar-refractivity contribution < 1.29 is 0 Å². The van der Waals surface area contributed by atoms with Gasteiger partial charge in [-0.1, -0.05) is 91.2 Å². The number of aryl methyl sites for hydroxylation is 1. The first-order chi connectivity index (χ1) is 12.9. The molecule has 28 heavy (non-hydrogen) atoms. The minimum Gasteiger partial charge on any atom is -0.369 e. The van der Waals surface area contributed by atoms with Gasteiger partial charge in [-0.05, 0) is 50.7 Å². The van der Waals surface area contributed by atoms with Crippen LogP contribution in [-0.4, -0.2) is 6.04 Å². The lowest BCUT2D eigenvalue weighted by Crippen LogP contribution is -2.30. The number of rotatable bonds is 9. The quantitative estimate of drug-likeness (QED) is 0.414. The summed E-state index contributed by atoms with van der Waals surface area (Å²) in [6.07, 6.45) is 5.91. The van der Waals surface area contributed by atoms with E-state index < -0.39 is 0 Å². The summed E-state index contributed by atoms with van der Waals surface area (Å²) in [7, 11) is 0. The third-order valence-corrected chi connectivity index (χ3v) is 3.60. The Hall–Kier alpha value is -1.70. The first-order valence-corrected chi connectivity index (χ1v) is 10.9. The lowest BCUT2D eigenvalue weighted by Gasteiger charge is -2.21. The van der Waals surface area contributed by atoms with E-state index in [-0.39, 0.29) is 0 Å². The van der Waals surface area contributed by atoms with Crippen molar-refractivity contribution in [1.29, 1.82) is 0 Å². The third-order valence-electron chi connectivity index (χ3n) is 3.60. The monoisotopic (exact) mass is 388 g/mol. The first kappa shape index (κ1) is 28.5. The molecule has 0 heterocycles. The molecule has 0 unspecified atom stereocenters. The lowest BCUT2D eigenvalue weighted by molar-refractivity contribution is 0.469. The number of allylic oxidation sites excluding steroid dienone is 1. The van der Waals surface area contributed by atoms with Gasteiger partial charge >= 0.3 is 0 Å². The third kappa shape index (κ3) is 22.3. The summed E-state index contributed by atoms with van der Waals surface area (Å²) in [5.74, 6) is 0.894. The Morgan fingerprint density at radius 3 is 1.64 bits per heavy atom. The fraction of sp³-hybridized carbons (Fsp3) is 0.615. The van der Waals surface area contributed by atoms with Gasteiger partial charge in [0.25, 0.3) is 0 Å². The molecule has 2 heteroatoms. The Morgan fingerprint density at radius 1 is 0.929 bits per heavy atom. The van der Waals surface area contributed by atoms with Crippen LogP contribution in [-0.2, 0) is 0 Å². The molecule has 1 aromatic rings. The van der Waals surface area contributed by atoms with Gasteiger partial charge in [-0.15, -0.1) is 6.58 Å². The van der Waals surface area contributed by atoms with Gasteiger partial charge in [0, 0.05) is 11.7 Å². The van der Waals surface area contributed by atoms with Crippen molar-refractivity contribution in [3.8, 4) is 0 Å². The van der Waals surface area contributed by atoms with Crippen LogP contribution in [0.3, 0.4) is 0 Å². The second-order valence-corrected chi connectivity index (χ2v) is 9.20. The van der Waals surface area contributed by atoms with Gasteiger partial charge in [-0.3, -0.25) is 0 Å². The van der Waals surface area contributed by atoms with Crippen LogP contribution in [0, 0.1) is 12.3 Å². The van der Waals surface area contributed by atoms with Crippen LogP contribution in [0.5, 0.6) is 0 Å². The molecule has 0 aliphatic heterocycles. The largest absolute Gasteiger partial charge is 0.369 e. The summed E-state index contributed by atoms with van der Waals surface area (Å²) < 4.78 is 0. The Labute approximate surface area is 176 Å². The van der Waals surface area contributed by atoms with E-state index in [9.17, 15) is 0 Å². The van der Waals surface area contributed by atoms with E-state index in [1.54, 1.807) is 0 Å². The zero-order valence-electron chi connectivity index (χ0n) is 20.3. The minimum absolute atomic E-state index is 0.500. The molecule has 1 aromatic carbocycles. The van der Waals surface area contributed by atoms with Crippen LogP contribution in [0.4, 0.5) is 5.69 Å². The summed E-state index contributed by atoms with van der Waals surface area (Å²) in [4.78, 5) is 0. The van der Waals surface area contributed by atoms with Gasteiger partial charge in [0.05, 0.1) is 5.82 Å². The van der Waals surface area contributed by atoms with Crippen molar-refractivity contribution in [3.63, 3.8) is 0 Å². The van der Waals surface area contributed by atoms with Crippen LogP contribution in [0.1, 0.15) is 93.1 Å². The van der Waals surface area contributed by atoms with Gasteiger partial charge in [0.2, 0.25) is 0 Å². The highest BCUT2D eigenvalue weighted by Gasteiger charge is 2.06. The number of benzene rings is 1. The Kier molecular flexibility index (Phi) is 16.6. The van der Waals surface area contributed by atoms with E-state index in [0.29, 0.717) is 11.5 Å². The second-order valence-electron chi connectivity index (χ2n) is 9.20. The van der Waals surface area contributed by atoms with Crippen molar-refractivity contribution in [3.05, 3.63) is 54.4 Å². The number of anilines is 1. The van der Waals surface area contributed by atoms with E-state index in [2.05, 4.69) is 103 Å². The highest BCUT2D eigenvalue weighted by Crippen LogP contribution is 2.12. The van der Waals surface area contributed by atoms with Gasteiger partial charge < -0.3 is 10.6 Å². The maximum Gasteiger partial charge on any atom is 0.0959 e. The van der Waals surface area contributed by atoms with Crippen LogP contribution < -0.4 is 10.6 Å². The molecule has 0 spiro atoms. The van der Waals surface area contributed by atoms with E-state index in [1.807, 2.05) is 6.92 Å². The predicted molar refractivity (Wildman–Crippen MR) is 131 cm³/mol. The zero-order chi connectivity index (χ0) is 22.2. The topological polar surface area (TPSA) is 24.1 Å². The van der Waals surface area contributed by atoms with Crippen molar-refractivity contribution in [2.45, 2.75) is 100 Å². The van der Waals surface area contributed by atoms with Gasteiger partial charge in [0.1, 0.15) is 0 Å². The molecule has 0 radical (unpaired) electrons.